The van der Waals surface area contributed by atoms with E-state index in [1.165, 1.54) is 12.1 Å². The van der Waals surface area contributed by atoms with Crippen molar-refractivity contribution in [1.82, 2.24) is 19.8 Å². The summed E-state index contributed by atoms with van der Waals surface area (Å²) < 4.78 is 14.9. The van der Waals surface area contributed by atoms with Crippen LogP contribution in [0.5, 0.6) is 0 Å². The number of aromatic nitrogens is 2. The molecule has 32 heavy (non-hydrogen) atoms. The summed E-state index contributed by atoms with van der Waals surface area (Å²) in [6.45, 7) is 4.73. The molecule has 1 unspecified atom stereocenters. The van der Waals surface area contributed by atoms with Gasteiger partial charge in [0.2, 0.25) is 5.91 Å². The number of rotatable bonds is 5. The second kappa shape index (κ2) is 8.96. The number of carbonyl (C=O) groups excluding carboxylic acids is 1. The monoisotopic (exact) mass is 439 g/mol. The Bertz CT molecular complexity index is 1260. The molecule has 4 rings (SSSR count). The van der Waals surface area contributed by atoms with Crippen LogP contribution in [0.4, 0.5) is 10.1 Å². The maximum atomic E-state index is 14.0. The molecule has 1 aliphatic heterocycles. The van der Waals surface area contributed by atoms with Crippen LogP contribution >= 0.6 is 0 Å². The Morgan fingerprint density at radius 3 is 2.59 bits per heavy atom. The summed E-state index contributed by atoms with van der Waals surface area (Å²) >= 11 is 0. The van der Waals surface area contributed by atoms with Crippen LogP contribution < -0.4 is 21.5 Å². The van der Waals surface area contributed by atoms with E-state index in [0.717, 1.165) is 36.4 Å². The van der Waals surface area contributed by atoms with Crippen LogP contribution in [0.3, 0.4) is 0 Å². The van der Waals surface area contributed by atoms with E-state index >= 15 is 0 Å². The number of piperazine rings is 1. The van der Waals surface area contributed by atoms with Gasteiger partial charge in [-0.1, -0.05) is 12.1 Å². The van der Waals surface area contributed by atoms with Crippen LogP contribution in [0, 0.1) is 5.82 Å². The molecule has 2 N–H and O–H groups in total. The quantitative estimate of drug-likeness (QED) is 0.628. The van der Waals surface area contributed by atoms with Crippen LogP contribution in [-0.2, 0) is 11.3 Å². The fourth-order valence-corrected chi connectivity index (χ4v) is 4.06. The van der Waals surface area contributed by atoms with Crippen molar-refractivity contribution >= 4 is 22.5 Å². The minimum absolute atomic E-state index is 0.329. The second-order valence-corrected chi connectivity index (χ2v) is 8.15. The third-order valence-corrected chi connectivity index (χ3v) is 5.87. The number of hydrogen-bond donors (Lipinski definition) is 2. The molecule has 1 atom stereocenters. The predicted octanol–water partition coefficient (Wildman–Crippen LogP) is 1.46. The molecule has 1 aliphatic rings. The molecular formula is C23H26FN5O3. The molecule has 1 aromatic heterocycles. The average Bonchev–Trinajstić information content (AvgIpc) is 2.77. The van der Waals surface area contributed by atoms with Gasteiger partial charge in [-0.05, 0) is 44.3 Å². The van der Waals surface area contributed by atoms with Crippen LogP contribution in [-0.4, -0.2) is 53.6 Å². The Kier molecular flexibility index (Phi) is 6.09. The van der Waals surface area contributed by atoms with Crippen molar-refractivity contribution in [3.63, 3.8) is 0 Å². The van der Waals surface area contributed by atoms with E-state index in [2.05, 4.69) is 27.1 Å². The summed E-state index contributed by atoms with van der Waals surface area (Å²) in [6, 6.07) is 10.7. The standard InChI is InChI=1S/C23H26FN5O3/c1-15(18-13-16(24)7-8-20(18)28-11-9-27(2)10-12-28)25-21(30)14-29-22(31)17-5-3-4-6-19(17)26-23(29)32/h3-8,13,15H,9-12,14H2,1-2H3,(H,25,30)(H,26,32). The van der Waals surface area contributed by atoms with E-state index in [9.17, 15) is 18.8 Å². The molecule has 0 saturated carbocycles. The highest BCUT2D eigenvalue weighted by Crippen LogP contribution is 2.28. The maximum Gasteiger partial charge on any atom is 0.329 e. The number of anilines is 1. The molecule has 1 saturated heterocycles. The van der Waals surface area contributed by atoms with Crippen molar-refractivity contribution in [1.29, 1.82) is 0 Å². The number of likely N-dealkylation sites (N-methyl/N-ethyl adjacent to an activating group) is 1. The number of H-pyrrole nitrogens is 1. The Morgan fingerprint density at radius 1 is 1.12 bits per heavy atom. The molecule has 1 amide bonds. The summed E-state index contributed by atoms with van der Waals surface area (Å²) in [5.41, 5.74) is 0.760. The van der Waals surface area contributed by atoms with Gasteiger partial charge in [-0.2, -0.15) is 0 Å². The van der Waals surface area contributed by atoms with Gasteiger partial charge in [0, 0.05) is 37.4 Å². The number of fused-ring (bicyclic) bond motifs is 1. The third-order valence-electron chi connectivity index (χ3n) is 5.87. The summed E-state index contributed by atoms with van der Waals surface area (Å²) in [7, 11) is 2.06. The Labute approximate surface area is 184 Å². The number of halogens is 1. The highest BCUT2D eigenvalue weighted by atomic mass is 19.1. The molecule has 9 heteroatoms. The van der Waals surface area contributed by atoms with Gasteiger partial charge in [0.15, 0.2) is 0 Å². The lowest BCUT2D eigenvalue weighted by Gasteiger charge is -2.36. The van der Waals surface area contributed by atoms with E-state index in [1.807, 2.05) is 0 Å². The van der Waals surface area contributed by atoms with E-state index in [-0.39, 0.29) is 5.82 Å². The first-order chi connectivity index (χ1) is 15.3. The van der Waals surface area contributed by atoms with E-state index in [0.29, 0.717) is 16.5 Å². The minimum Gasteiger partial charge on any atom is -0.369 e. The summed E-state index contributed by atoms with van der Waals surface area (Å²) in [4.78, 5) is 44.8. The fourth-order valence-electron chi connectivity index (χ4n) is 4.06. The van der Waals surface area contributed by atoms with Gasteiger partial charge in [0.05, 0.1) is 16.9 Å². The average molecular weight is 439 g/mol. The van der Waals surface area contributed by atoms with Crippen molar-refractivity contribution in [3.8, 4) is 0 Å². The number of para-hydroxylation sites is 1. The van der Waals surface area contributed by atoms with E-state index in [4.69, 9.17) is 0 Å². The van der Waals surface area contributed by atoms with E-state index < -0.39 is 29.7 Å². The molecule has 8 nitrogen and oxygen atoms in total. The number of carbonyl (C=O) groups is 1. The lowest BCUT2D eigenvalue weighted by molar-refractivity contribution is -0.122. The first-order valence-electron chi connectivity index (χ1n) is 10.6. The number of amides is 1. The van der Waals surface area contributed by atoms with Crippen LogP contribution in [0.1, 0.15) is 18.5 Å². The largest absolute Gasteiger partial charge is 0.369 e. The minimum atomic E-state index is -0.652. The van der Waals surface area contributed by atoms with Gasteiger partial charge in [-0.25, -0.2) is 9.18 Å². The van der Waals surface area contributed by atoms with Gasteiger partial charge in [0.1, 0.15) is 12.4 Å². The zero-order chi connectivity index (χ0) is 22.8. The molecule has 0 aliphatic carbocycles. The Hall–Kier alpha value is -3.46. The smallest absolute Gasteiger partial charge is 0.329 e. The van der Waals surface area contributed by atoms with Crippen LogP contribution in [0.2, 0.25) is 0 Å². The Morgan fingerprint density at radius 2 is 1.84 bits per heavy atom. The SMILES string of the molecule is CC(NC(=O)Cn1c(=O)[nH]c2ccccc2c1=O)c1cc(F)ccc1N1CCN(C)CC1. The second-order valence-electron chi connectivity index (χ2n) is 8.15. The number of benzene rings is 2. The first-order valence-corrected chi connectivity index (χ1v) is 10.6. The summed E-state index contributed by atoms with van der Waals surface area (Å²) in [6.07, 6.45) is 0. The molecule has 168 valence electrons. The van der Waals surface area contributed by atoms with E-state index in [1.54, 1.807) is 37.3 Å². The fraction of sp³-hybridized carbons (Fsp3) is 0.348. The number of nitrogens with one attached hydrogen (secondary N) is 2. The van der Waals surface area contributed by atoms with Crippen LogP contribution in [0.15, 0.2) is 52.1 Å². The van der Waals surface area contributed by atoms with Crippen molar-refractivity contribution in [2.24, 2.45) is 0 Å². The van der Waals surface area contributed by atoms with Gasteiger partial charge in [-0.15, -0.1) is 0 Å². The lowest BCUT2D eigenvalue weighted by Crippen LogP contribution is -2.45. The van der Waals surface area contributed by atoms with Crippen molar-refractivity contribution in [3.05, 3.63) is 74.7 Å². The summed E-state index contributed by atoms with van der Waals surface area (Å²) in [5, 5.41) is 3.14. The molecular weight excluding hydrogens is 413 g/mol. The zero-order valence-corrected chi connectivity index (χ0v) is 18.1. The van der Waals surface area contributed by atoms with Crippen molar-refractivity contribution in [2.75, 3.05) is 38.1 Å². The van der Waals surface area contributed by atoms with Gasteiger partial charge in [0.25, 0.3) is 5.56 Å². The molecule has 2 aromatic carbocycles. The first kappa shape index (κ1) is 21.8. The molecule has 0 bridgehead atoms. The van der Waals surface area contributed by atoms with Gasteiger partial charge >= 0.3 is 5.69 Å². The van der Waals surface area contributed by atoms with Crippen molar-refractivity contribution < 1.29 is 9.18 Å². The van der Waals surface area contributed by atoms with Gasteiger partial charge < -0.3 is 20.1 Å². The number of aromatic amines is 1. The molecule has 3 aromatic rings. The third kappa shape index (κ3) is 4.43. The lowest BCUT2D eigenvalue weighted by atomic mass is 10.0. The topological polar surface area (TPSA) is 90.4 Å². The highest BCUT2D eigenvalue weighted by Gasteiger charge is 2.22. The highest BCUT2D eigenvalue weighted by molar-refractivity contribution is 5.79. The molecule has 0 radical (unpaired) electrons. The molecule has 0 spiro atoms. The summed E-state index contributed by atoms with van der Waals surface area (Å²) in [5.74, 6) is -0.893. The number of nitrogens with zero attached hydrogens (tertiary/aromatic N) is 3. The number of hydrogen-bond acceptors (Lipinski definition) is 5. The van der Waals surface area contributed by atoms with Gasteiger partial charge in [-0.3, -0.25) is 14.2 Å². The normalized spacial score (nSPS) is 15.7. The predicted molar refractivity (Wildman–Crippen MR) is 121 cm³/mol. The molecule has 1 fully saturated rings. The zero-order valence-electron chi connectivity index (χ0n) is 18.1. The Balaban J connectivity index is 1.55. The van der Waals surface area contributed by atoms with Crippen molar-refractivity contribution in [2.45, 2.75) is 19.5 Å². The molecule has 2 heterocycles. The maximum absolute atomic E-state index is 14.0. The van der Waals surface area contributed by atoms with Crippen LogP contribution in [0.25, 0.3) is 10.9 Å².